The Morgan fingerprint density at radius 1 is 1.39 bits per heavy atom. The third-order valence-electron chi connectivity index (χ3n) is 2.49. The van der Waals surface area contributed by atoms with Crippen molar-refractivity contribution < 1.29 is 18.3 Å². The quantitative estimate of drug-likeness (QED) is 0.865. The van der Waals surface area contributed by atoms with E-state index in [4.69, 9.17) is 23.2 Å². The number of nitrogens with one attached hydrogen (secondary N) is 1. The lowest BCUT2D eigenvalue weighted by molar-refractivity contribution is -0.117. The number of ether oxygens (including phenoxy) is 1. The molecule has 0 bridgehead atoms. The molecule has 1 atom stereocenters. The number of anilines is 1. The number of rotatable bonds is 4. The first kappa shape index (κ1) is 13.4. The molecule has 1 aliphatic rings. The average molecular weight is 296 g/mol. The summed E-state index contributed by atoms with van der Waals surface area (Å²) in [7, 11) is 0. The van der Waals surface area contributed by atoms with Gasteiger partial charge in [0.15, 0.2) is 0 Å². The van der Waals surface area contributed by atoms with Gasteiger partial charge in [0, 0.05) is 5.69 Å². The van der Waals surface area contributed by atoms with Crippen LogP contribution < -0.4 is 10.1 Å². The van der Waals surface area contributed by atoms with Gasteiger partial charge >= 0.3 is 6.61 Å². The van der Waals surface area contributed by atoms with Crippen LogP contribution in [0.15, 0.2) is 24.3 Å². The Balaban J connectivity index is 1.92. The van der Waals surface area contributed by atoms with E-state index in [1.807, 2.05) is 0 Å². The molecule has 0 radical (unpaired) electrons. The highest BCUT2D eigenvalue weighted by molar-refractivity contribution is 6.52. The summed E-state index contributed by atoms with van der Waals surface area (Å²) >= 11 is 11.5. The molecule has 0 aromatic heterocycles. The minimum Gasteiger partial charge on any atom is -0.435 e. The van der Waals surface area contributed by atoms with Gasteiger partial charge in [0.1, 0.15) is 10.1 Å². The third-order valence-corrected chi connectivity index (χ3v) is 3.32. The zero-order valence-electron chi connectivity index (χ0n) is 9.00. The maximum atomic E-state index is 11.9. The van der Waals surface area contributed by atoms with Gasteiger partial charge in [-0.15, -0.1) is 23.2 Å². The molecule has 1 unspecified atom stereocenters. The van der Waals surface area contributed by atoms with Crippen LogP contribution in [0.2, 0.25) is 0 Å². The highest BCUT2D eigenvalue weighted by Gasteiger charge is 2.56. The molecule has 2 rings (SSSR count). The normalized spacial score (nSPS) is 20.6. The van der Waals surface area contributed by atoms with Gasteiger partial charge in [-0.25, -0.2) is 0 Å². The third kappa shape index (κ3) is 3.23. The molecule has 0 spiro atoms. The molecule has 1 N–H and O–H groups in total. The lowest BCUT2D eigenvalue weighted by Crippen LogP contribution is -2.16. The number of amides is 1. The lowest BCUT2D eigenvalue weighted by atomic mass is 10.3. The molecular weight excluding hydrogens is 287 g/mol. The van der Waals surface area contributed by atoms with Crippen molar-refractivity contribution in [1.82, 2.24) is 0 Å². The maximum Gasteiger partial charge on any atom is 0.387 e. The van der Waals surface area contributed by atoms with E-state index in [0.29, 0.717) is 12.1 Å². The summed E-state index contributed by atoms with van der Waals surface area (Å²) in [6, 6.07) is 5.59. The van der Waals surface area contributed by atoms with Crippen LogP contribution in [0.1, 0.15) is 6.42 Å². The first-order chi connectivity index (χ1) is 8.38. The Morgan fingerprint density at radius 2 is 1.94 bits per heavy atom. The second-order valence-corrected chi connectivity index (χ2v) is 5.45. The molecule has 18 heavy (non-hydrogen) atoms. The van der Waals surface area contributed by atoms with E-state index in [2.05, 4.69) is 10.1 Å². The van der Waals surface area contributed by atoms with Gasteiger partial charge in [-0.1, -0.05) is 0 Å². The molecule has 3 nitrogen and oxygen atoms in total. The SMILES string of the molecule is O=C(Nc1ccc(OC(F)F)cc1)C1CC1(Cl)Cl. The number of hydrogen-bond acceptors (Lipinski definition) is 2. The molecule has 0 saturated heterocycles. The van der Waals surface area contributed by atoms with E-state index in [1.54, 1.807) is 0 Å². The number of alkyl halides is 4. The van der Waals surface area contributed by atoms with E-state index in [9.17, 15) is 13.6 Å². The molecule has 1 saturated carbocycles. The van der Waals surface area contributed by atoms with Crippen molar-refractivity contribution in [2.24, 2.45) is 5.92 Å². The molecule has 1 aromatic rings. The van der Waals surface area contributed by atoms with Gasteiger partial charge < -0.3 is 10.1 Å². The molecule has 0 aliphatic heterocycles. The fourth-order valence-corrected chi connectivity index (χ4v) is 1.95. The molecule has 7 heteroatoms. The molecule has 0 heterocycles. The summed E-state index contributed by atoms with van der Waals surface area (Å²) < 4.78 is 27.0. The predicted octanol–water partition coefficient (Wildman–Crippen LogP) is 3.42. The Morgan fingerprint density at radius 3 is 2.39 bits per heavy atom. The van der Waals surface area contributed by atoms with Crippen LogP contribution >= 0.6 is 23.2 Å². The van der Waals surface area contributed by atoms with Gasteiger partial charge in [0.2, 0.25) is 5.91 Å². The van der Waals surface area contributed by atoms with Crippen LogP contribution in [0.25, 0.3) is 0 Å². The van der Waals surface area contributed by atoms with Gasteiger partial charge in [0.05, 0.1) is 5.92 Å². The Labute approximate surface area is 112 Å². The van der Waals surface area contributed by atoms with E-state index >= 15 is 0 Å². The Kier molecular flexibility index (Phi) is 3.64. The van der Waals surface area contributed by atoms with Gasteiger partial charge in [0.25, 0.3) is 0 Å². The van der Waals surface area contributed by atoms with Crippen LogP contribution in [0.5, 0.6) is 5.75 Å². The van der Waals surface area contributed by atoms with Crippen molar-refractivity contribution in [2.75, 3.05) is 5.32 Å². The average Bonchev–Trinajstić information content (AvgIpc) is 2.90. The zero-order valence-corrected chi connectivity index (χ0v) is 10.5. The predicted molar refractivity (Wildman–Crippen MR) is 64.2 cm³/mol. The largest absolute Gasteiger partial charge is 0.435 e. The number of carbonyl (C=O) groups is 1. The highest BCUT2D eigenvalue weighted by atomic mass is 35.5. The van der Waals surface area contributed by atoms with E-state index in [0.717, 1.165) is 0 Å². The lowest BCUT2D eigenvalue weighted by Gasteiger charge is -2.07. The van der Waals surface area contributed by atoms with Crippen LogP contribution in [0, 0.1) is 5.92 Å². The summed E-state index contributed by atoms with van der Waals surface area (Å²) in [6.45, 7) is -2.87. The van der Waals surface area contributed by atoms with Gasteiger partial charge in [-0.2, -0.15) is 8.78 Å². The van der Waals surface area contributed by atoms with Crippen LogP contribution in [0.4, 0.5) is 14.5 Å². The molecule has 1 aromatic carbocycles. The monoisotopic (exact) mass is 295 g/mol. The van der Waals surface area contributed by atoms with E-state index in [-0.39, 0.29) is 11.7 Å². The minimum atomic E-state index is -2.87. The molecule has 1 fully saturated rings. The second-order valence-electron chi connectivity index (χ2n) is 3.91. The highest BCUT2D eigenvalue weighted by Crippen LogP contribution is 2.53. The summed E-state index contributed by atoms with van der Waals surface area (Å²) in [5.74, 6) is -0.696. The van der Waals surface area contributed by atoms with Crippen molar-refractivity contribution in [3.05, 3.63) is 24.3 Å². The number of benzene rings is 1. The van der Waals surface area contributed by atoms with Crippen molar-refractivity contribution in [3.63, 3.8) is 0 Å². The Hall–Kier alpha value is -1.07. The van der Waals surface area contributed by atoms with Crippen LogP contribution in [-0.4, -0.2) is 16.9 Å². The van der Waals surface area contributed by atoms with Crippen LogP contribution in [-0.2, 0) is 4.79 Å². The standard InChI is InChI=1S/C11H9Cl2F2NO2/c12-11(13)5-8(11)9(17)16-6-1-3-7(4-2-6)18-10(14)15/h1-4,8,10H,5H2,(H,16,17). The molecule has 1 amide bonds. The van der Waals surface area contributed by atoms with Crippen molar-refractivity contribution in [1.29, 1.82) is 0 Å². The van der Waals surface area contributed by atoms with E-state index < -0.39 is 16.9 Å². The van der Waals surface area contributed by atoms with Crippen molar-refractivity contribution >= 4 is 34.8 Å². The minimum absolute atomic E-state index is 0.0263. The Bertz CT molecular complexity index is 451. The first-order valence-electron chi connectivity index (χ1n) is 5.12. The molecular formula is C11H9Cl2F2NO2. The molecule has 98 valence electrons. The topological polar surface area (TPSA) is 38.3 Å². The van der Waals surface area contributed by atoms with Gasteiger partial charge in [-0.05, 0) is 30.7 Å². The summed E-state index contributed by atoms with van der Waals surface area (Å²) in [6.07, 6.45) is 0.411. The smallest absolute Gasteiger partial charge is 0.387 e. The maximum absolute atomic E-state index is 11.9. The second kappa shape index (κ2) is 4.90. The van der Waals surface area contributed by atoms with Crippen molar-refractivity contribution in [2.45, 2.75) is 17.4 Å². The van der Waals surface area contributed by atoms with Crippen LogP contribution in [0.3, 0.4) is 0 Å². The first-order valence-corrected chi connectivity index (χ1v) is 5.87. The summed E-state index contributed by atoms with van der Waals surface area (Å²) in [4.78, 5) is 11.6. The summed E-state index contributed by atoms with van der Waals surface area (Å²) in [5, 5.41) is 2.59. The zero-order chi connectivity index (χ0) is 13.3. The number of carbonyl (C=O) groups excluding carboxylic acids is 1. The number of halogens is 4. The number of hydrogen-bond donors (Lipinski definition) is 1. The van der Waals surface area contributed by atoms with Gasteiger partial charge in [-0.3, -0.25) is 4.79 Å². The molecule has 1 aliphatic carbocycles. The fraction of sp³-hybridized carbons (Fsp3) is 0.364. The summed E-state index contributed by atoms with van der Waals surface area (Å²) in [5.41, 5.74) is 0.470. The van der Waals surface area contributed by atoms with Crippen molar-refractivity contribution in [3.8, 4) is 5.75 Å². The van der Waals surface area contributed by atoms with E-state index in [1.165, 1.54) is 24.3 Å². The fourth-order valence-electron chi connectivity index (χ4n) is 1.45.